The van der Waals surface area contributed by atoms with Gasteiger partial charge in [-0.05, 0) is 52.1 Å². The van der Waals surface area contributed by atoms with Gasteiger partial charge in [0.15, 0.2) is 16.8 Å². The molecule has 0 amide bonds. The van der Waals surface area contributed by atoms with Crippen LogP contribution >= 0.6 is 11.6 Å². The predicted octanol–water partition coefficient (Wildman–Crippen LogP) is 5.46. The van der Waals surface area contributed by atoms with E-state index < -0.39 is 11.6 Å². The van der Waals surface area contributed by atoms with Gasteiger partial charge < -0.3 is 25.8 Å². The normalized spacial score (nSPS) is 22.3. The number of nitrogens with one attached hydrogen (secondary N) is 1. The van der Waals surface area contributed by atoms with E-state index in [1.807, 2.05) is 24.1 Å². The van der Waals surface area contributed by atoms with Crippen LogP contribution in [0.15, 0.2) is 36.7 Å². The highest BCUT2D eigenvalue weighted by atomic mass is 35.5. The maximum atomic E-state index is 16.5. The first-order valence-electron chi connectivity index (χ1n) is 14.2. The van der Waals surface area contributed by atoms with Crippen LogP contribution in [0, 0.1) is 11.6 Å². The highest BCUT2D eigenvalue weighted by Gasteiger charge is 2.30. The quantitative estimate of drug-likeness (QED) is 0.370. The smallest absolute Gasteiger partial charge is 0.159 e. The van der Waals surface area contributed by atoms with Crippen molar-refractivity contribution in [2.45, 2.75) is 45.8 Å². The van der Waals surface area contributed by atoms with Crippen LogP contribution in [0.1, 0.15) is 27.7 Å². The molecule has 5 rings (SSSR count). The lowest BCUT2D eigenvalue weighted by molar-refractivity contribution is 0.140. The summed E-state index contributed by atoms with van der Waals surface area (Å²) in [7, 11) is 2.05. The third-order valence-corrected chi connectivity index (χ3v) is 8.87. The van der Waals surface area contributed by atoms with Crippen LogP contribution in [0.4, 0.5) is 37.3 Å². The minimum absolute atomic E-state index is 0.0546. The monoisotopic (exact) mass is 584 g/mol. The minimum Gasteiger partial charge on any atom is -0.393 e. The molecular formula is C30H39ClF2N8. The van der Waals surface area contributed by atoms with Gasteiger partial charge in [0.05, 0.1) is 11.3 Å². The van der Waals surface area contributed by atoms with Gasteiger partial charge in [-0.25, -0.2) is 18.7 Å². The largest absolute Gasteiger partial charge is 0.393 e. The Kier molecular flexibility index (Phi) is 8.54. The van der Waals surface area contributed by atoms with Crippen LogP contribution in [0.2, 0.25) is 5.15 Å². The van der Waals surface area contributed by atoms with Crippen molar-refractivity contribution in [3.63, 3.8) is 0 Å². The number of aromatic nitrogens is 2. The SMILES string of the molecule is CCN1[C@H](C)CN(c2ccc(-c3c(F)cc(N4CCN(C)[C@@H](C)C4)c(Nc4ncnc(Cl)c4N)c3F)cc2)C[C@@H]1C. The maximum absolute atomic E-state index is 16.5. The molecule has 0 aliphatic carbocycles. The van der Waals surface area contributed by atoms with Crippen molar-refractivity contribution in [2.75, 3.05) is 67.2 Å². The molecular weight excluding hydrogens is 546 g/mol. The number of halogens is 3. The number of hydrogen-bond acceptors (Lipinski definition) is 8. The molecule has 8 nitrogen and oxygen atoms in total. The van der Waals surface area contributed by atoms with E-state index in [-0.39, 0.29) is 34.0 Å². The van der Waals surface area contributed by atoms with Crippen LogP contribution in [0.5, 0.6) is 0 Å². The number of nitrogens with two attached hydrogens (primary N) is 1. The molecule has 0 radical (unpaired) electrons. The number of nitrogens with zero attached hydrogens (tertiary/aromatic N) is 6. The number of hydrogen-bond donors (Lipinski definition) is 2. The summed E-state index contributed by atoms with van der Waals surface area (Å²) in [4.78, 5) is 17.1. The van der Waals surface area contributed by atoms with E-state index in [1.54, 1.807) is 12.1 Å². The number of benzene rings is 2. The summed E-state index contributed by atoms with van der Waals surface area (Å²) >= 11 is 6.12. The van der Waals surface area contributed by atoms with Gasteiger partial charge in [0, 0.05) is 62.6 Å². The first-order chi connectivity index (χ1) is 19.6. The molecule has 1 aromatic heterocycles. The zero-order valence-electron chi connectivity index (χ0n) is 24.3. The zero-order chi connectivity index (χ0) is 29.4. The Hall–Kier alpha value is -3.21. The molecule has 2 aromatic carbocycles. The van der Waals surface area contributed by atoms with Crippen LogP contribution in [-0.2, 0) is 0 Å². The van der Waals surface area contributed by atoms with Crippen LogP contribution in [0.25, 0.3) is 11.1 Å². The summed E-state index contributed by atoms with van der Waals surface area (Å²) in [6.07, 6.45) is 1.25. The molecule has 3 N–H and O–H groups in total. The topological polar surface area (TPSA) is 76.8 Å². The summed E-state index contributed by atoms with van der Waals surface area (Å²) in [5.41, 5.74) is 8.08. The second-order valence-electron chi connectivity index (χ2n) is 11.2. The van der Waals surface area contributed by atoms with Crippen molar-refractivity contribution >= 4 is 40.2 Å². The van der Waals surface area contributed by atoms with Gasteiger partial charge in [0.1, 0.15) is 23.5 Å². The summed E-state index contributed by atoms with van der Waals surface area (Å²) < 4.78 is 32.3. The molecule has 2 aliphatic heterocycles. The first-order valence-corrected chi connectivity index (χ1v) is 14.6. The molecule has 11 heteroatoms. The number of likely N-dealkylation sites (N-methyl/N-ethyl adjacent to an activating group) is 2. The first kappa shape index (κ1) is 29.3. The van der Waals surface area contributed by atoms with E-state index in [0.717, 1.165) is 31.9 Å². The molecule has 41 heavy (non-hydrogen) atoms. The van der Waals surface area contributed by atoms with Crippen molar-refractivity contribution < 1.29 is 8.78 Å². The standard InChI is InChI=1S/C30H39ClF2N8/c1-6-41-19(3)15-40(16-20(41)4)22-9-7-21(8-10-22)25-23(32)13-24(39-12-11-38(5)18(2)14-39)28(26(25)33)37-30-27(34)29(31)35-17-36-30/h7-10,13,17-20H,6,11-12,14-16,34H2,1-5H3,(H,35,36,37)/t18-,19-,20+/m0/s1. The molecule has 2 saturated heterocycles. The average Bonchev–Trinajstić information content (AvgIpc) is 2.94. The lowest BCUT2D eigenvalue weighted by Crippen LogP contribution is -2.56. The highest BCUT2D eigenvalue weighted by Crippen LogP contribution is 2.41. The Labute approximate surface area is 246 Å². The van der Waals surface area contributed by atoms with Gasteiger partial charge in [0.2, 0.25) is 0 Å². The van der Waals surface area contributed by atoms with E-state index in [2.05, 4.69) is 57.7 Å². The second kappa shape index (κ2) is 12.0. The third-order valence-electron chi connectivity index (χ3n) is 8.56. The molecule has 3 atom stereocenters. The third kappa shape index (κ3) is 5.78. The van der Waals surface area contributed by atoms with E-state index in [1.165, 1.54) is 12.4 Å². The molecule has 0 unspecified atom stereocenters. The Balaban J connectivity index is 1.52. The molecule has 0 saturated carbocycles. The van der Waals surface area contributed by atoms with Gasteiger partial charge >= 0.3 is 0 Å². The van der Waals surface area contributed by atoms with Gasteiger partial charge in [-0.15, -0.1) is 0 Å². The summed E-state index contributed by atoms with van der Waals surface area (Å²) in [6, 6.07) is 9.91. The van der Waals surface area contributed by atoms with Crippen molar-refractivity contribution in [3.05, 3.63) is 53.4 Å². The molecule has 0 spiro atoms. The summed E-state index contributed by atoms with van der Waals surface area (Å²) in [6.45, 7) is 13.6. The average molecular weight is 585 g/mol. The lowest BCUT2D eigenvalue weighted by atomic mass is 10.00. The van der Waals surface area contributed by atoms with Crippen molar-refractivity contribution in [1.29, 1.82) is 0 Å². The second-order valence-corrected chi connectivity index (χ2v) is 11.6. The Morgan fingerprint density at radius 3 is 2.27 bits per heavy atom. The Morgan fingerprint density at radius 1 is 0.976 bits per heavy atom. The number of piperazine rings is 2. The van der Waals surface area contributed by atoms with E-state index in [9.17, 15) is 0 Å². The van der Waals surface area contributed by atoms with Gasteiger partial charge in [-0.2, -0.15) is 0 Å². The fraction of sp³-hybridized carbons (Fsp3) is 0.467. The fourth-order valence-electron chi connectivity index (χ4n) is 6.13. The minimum atomic E-state index is -0.715. The van der Waals surface area contributed by atoms with Crippen molar-refractivity contribution in [3.8, 4) is 11.1 Å². The fourth-order valence-corrected chi connectivity index (χ4v) is 6.26. The van der Waals surface area contributed by atoms with Crippen LogP contribution < -0.4 is 20.9 Å². The summed E-state index contributed by atoms with van der Waals surface area (Å²) in [5.74, 6) is -1.18. The van der Waals surface area contributed by atoms with Crippen LogP contribution in [-0.4, -0.2) is 84.2 Å². The lowest BCUT2D eigenvalue weighted by Gasteiger charge is -2.45. The molecule has 0 bridgehead atoms. The zero-order valence-corrected chi connectivity index (χ0v) is 25.1. The van der Waals surface area contributed by atoms with Crippen molar-refractivity contribution in [1.82, 2.24) is 19.8 Å². The maximum Gasteiger partial charge on any atom is 0.159 e. The van der Waals surface area contributed by atoms with Gasteiger partial charge in [-0.3, -0.25) is 4.90 Å². The number of nitrogen functional groups attached to an aromatic ring is 1. The van der Waals surface area contributed by atoms with Gasteiger partial charge in [0.25, 0.3) is 0 Å². The van der Waals surface area contributed by atoms with Crippen LogP contribution in [0.3, 0.4) is 0 Å². The highest BCUT2D eigenvalue weighted by molar-refractivity contribution is 6.32. The van der Waals surface area contributed by atoms with E-state index >= 15 is 8.78 Å². The number of rotatable bonds is 6. The number of anilines is 5. The van der Waals surface area contributed by atoms with Crippen molar-refractivity contribution in [2.24, 2.45) is 0 Å². The van der Waals surface area contributed by atoms with E-state index in [4.69, 9.17) is 17.3 Å². The predicted molar refractivity (Wildman–Crippen MR) is 164 cm³/mol. The molecule has 3 heterocycles. The molecule has 3 aromatic rings. The molecule has 2 aliphatic rings. The van der Waals surface area contributed by atoms with Gasteiger partial charge in [-0.1, -0.05) is 30.7 Å². The summed E-state index contributed by atoms with van der Waals surface area (Å²) in [5, 5.41) is 3.08. The molecule has 220 valence electrons. The van der Waals surface area contributed by atoms with E-state index in [0.29, 0.717) is 36.4 Å². The Morgan fingerprint density at radius 2 is 1.63 bits per heavy atom. The molecule has 2 fully saturated rings. The Bertz CT molecular complexity index is 1380.